The molecule has 0 saturated heterocycles. The van der Waals surface area contributed by atoms with Gasteiger partial charge in [0.05, 0.1) is 0 Å². The lowest BCUT2D eigenvalue weighted by atomic mass is 10.2. The van der Waals surface area contributed by atoms with E-state index in [4.69, 9.17) is 9.47 Å². The van der Waals surface area contributed by atoms with E-state index in [1.54, 1.807) is 6.20 Å². The summed E-state index contributed by atoms with van der Waals surface area (Å²) in [5.74, 6) is 3.13. The molecule has 23 heavy (non-hydrogen) atoms. The van der Waals surface area contributed by atoms with Crippen LogP contribution in [0.15, 0.2) is 30.5 Å². The van der Waals surface area contributed by atoms with Gasteiger partial charge in [-0.25, -0.2) is 4.98 Å². The molecule has 1 fully saturated rings. The molecule has 120 valence electrons. The van der Waals surface area contributed by atoms with Crippen LogP contribution >= 0.6 is 0 Å². The van der Waals surface area contributed by atoms with Crippen molar-refractivity contribution in [1.82, 2.24) is 9.97 Å². The molecule has 0 unspecified atom stereocenters. The first-order valence-electron chi connectivity index (χ1n) is 8.09. The SMILES string of the molecule is c1cc(NCc2ccc3c(c2)OCO3)nc(NC2CCCC2)n1. The van der Waals surface area contributed by atoms with E-state index in [1.165, 1.54) is 25.7 Å². The smallest absolute Gasteiger partial charge is 0.231 e. The predicted octanol–water partition coefficient (Wildman–Crippen LogP) is 3.17. The van der Waals surface area contributed by atoms with Gasteiger partial charge in [-0.15, -0.1) is 0 Å². The highest BCUT2D eigenvalue weighted by Crippen LogP contribution is 2.32. The maximum Gasteiger partial charge on any atom is 0.231 e. The minimum Gasteiger partial charge on any atom is -0.454 e. The largest absolute Gasteiger partial charge is 0.454 e. The Labute approximate surface area is 135 Å². The standard InChI is InChI=1S/C17H20N4O2/c1-2-4-13(3-1)20-17-18-8-7-16(21-17)19-10-12-5-6-14-15(9-12)23-11-22-14/h5-9,13H,1-4,10-11H2,(H2,18,19,20,21). The van der Waals surface area contributed by atoms with Gasteiger partial charge in [0.15, 0.2) is 11.5 Å². The molecule has 0 radical (unpaired) electrons. The van der Waals surface area contributed by atoms with Crippen molar-refractivity contribution < 1.29 is 9.47 Å². The van der Waals surface area contributed by atoms with Crippen molar-refractivity contribution in [2.24, 2.45) is 0 Å². The molecule has 2 aromatic rings. The summed E-state index contributed by atoms with van der Waals surface area (Å²) in [5.41, 5.74) is 1.12. The summed E-state index contributed by atoms with van der Waals surface area (Å²) in [7, 11) is 0. The fraction of sp³-hybridized carbons (Fsp3) is 0.412. The number of rotatable bonds is 5. The number of nitrogens with zero attached hydrogens (tertiary/aromatic N) is 2. The number of anilines is 2. The van der Waals surface area contributed by atoms with Gasteiger partial charge in [-0.05, 0) is 36.6 Å². The summed E-state index contributed by atoms with van der Waals surface area (Å²) in [4.78, 5) is 8.84. The first-order chi connectivity index (χ1) is 11.4. The second kappa shape index (κ2) is 6.32. The Bertz CT molecular complexity index is 686. The van der Waals surface area contributed by atoms with Crippen molar-refractivity contribution in [2.75, 3.05) is 17.4 Å². The minimum atomic E-state index is 0.300. The molecule has 1 saturated carbocycles. The summed E-state index contributed by atoms with van der Waals surface area (Å²) in [6.07, 6.45) is 6.78. The van der Waals surface area contributed by atoms with E-state index in [2.05, 4.69) is 20.6 Å². The fourth-order valence-corrected chi connectivity index (χ4v) is 3.02. The summed E-state index contributed by atoms with van der Waals surface area (Å²) in [6.45, 7) is 0.977. The Kier molecular flexibility index (Phi) is 3.88. The zero-order valence-electron chi connectivity index (χ0n) is 12.9. The number of aromatic nitrogens is 2. The van der Waals surface area contributed by atoms with Crippen LogP contribution in [0, 0.1) is 0 Å². The van der Waals surface area contributed by atoms with Gasteiger partial charge in [-0.3, -0.25) is 0 Å². The first-order valence-corrected chi connectivity index (χ1v) is 8.09. The Morgan fingerprint density at radius 3 is 2.87 bits per heavy atom. The van der Waals surface area contributed by atoms with Crippen LogP contribution < -0.4 is 20.1 Å². The van der Waals surface area contributed by atoms with Crippen molar-refractivity contribution >= 4 is 11.8 Å². The third kappa shape index (κ3) is 3.31. The van der Waals surface area contributed by atoms with E-state index in [-0.39, 0.29) is 0 Å². The lowest BCUT2D eigenvalue weighted by Gasteiger charge is -2.13. The molecular weight excluding hydrogens is 292 g/mol. The zero-order valence-corrected chi connectivity index (χ0v) is 12.9. The predicted molar refractivity (Wildman–Crippen MR) is 87.8 cm³/mol. The van der Waals surface area contributed by atoms with Crippen LogP contribution in [0.25, 0.3) is 0 Å². The summed E-state index contributed by atoms with van der Waals surface area (Å²) < 4.78 is 10.7. The van der Waals surface area contributed by atoms with E-state index < -0.39 is 0 Å². The maximum absolute atomic E-state index is 5.40. The van der Waals surface area contributed by atoms with Gasteiger partial charge in [0.25, 0.3) is 0 Å². The molecule has 1 aromatic carbocycles. The average Bonchev–Trinajstić information content (AvgIpc) is 3.24. The molecule has 2 heterocycles. The van der Waals surface area contributed by atoms with Gasteiger partial charge in [-0.2, -0.15) is 4.98 Å². The number of benzene rings is 1. The Balaban J connectivity index is 1.38. The van der Waals surface area contributed by atoms with Crippen LogP contribution in [-0.2, 0) is 6.54 Å². The summed E-state index contributed by atoms with van der Waals surface area (Å²) in [6, 6.07) is 8.35. The second-order valence-electron chi connectivity index (χ2n) is 5.93. The molecule has 2 aliphatic rings. The highest BCUT2D eigenvalue weighted by Gasteiger charge is 2.16. The Morgan fingerprint density at radius 1 is 1.09 bits per heavy atom. The molecule has 1 aliphatic carbocycles. The lowest BCUT2D eigenvalue weighted by molar-refractivity contribution is 0.174. The molecule has 2 N–H and O–H groups in total. The van der Waals surface area contributed by atoms with E-state index in [0.29, 0.717) is 25.3 Å². The van der Waals surface area contributed by atoms with Crippen LogP contribution in [0.3, 0.4) is 0 Å². The highest BCUT2D eigenvalue weighted by atomic mass is 16.7. The number of nitrogens with one attached hydrogen (secondary N) is 2. The second-order valence-corrected chi connectivity index (χ2v) is 5.93. The van der Waals surface area contributed by atoms with Crippen molar-refractivity contribution in [2.45, 2.75) is 38.3 Å². The van der Waals surface area contributed by atoms with Crippen molar-refractivity contribution in [3.63, 3.8) is 0 Å². The van der Waals surface area contributed by atoms with Gasteiger partial charge in [0.2, 0.25) is 12.7 Å². The third-order valence-corrected chi connectivity index (χ3v) is 4.25. The zero-order chi connectivity index (χ0) is 15.5. The molecule has 4 rings (SSSR count). The molecule has 6 heteroatoms. The third-order valence-electron chi connectivity index (χ3n) is 4.25. The Morgan fingerprint density at radius 2 is 1.96 bits per heavy atom. The molecular formula is C17H20N4O2. The quantitative estimate of drug-likeness (QED) is 0.884. The van der Waals surface area contributed by atoms with E-state index >= 15 is 0 Å². The van der Waals surface area contributed by atoms with E-state index in [0.717, 1.165) is 22.9 Å². The van der Waals surface area contributed by atoms with Gasteiger partial charge in [0, 0.05) is 18.8 Å². The van der Waals surface area contributed by atoms with Crippen molar-refractivity contribution in [3.8, 4) is 11.5 Å². The van der Waals surface area contributed by atoms with Crippen LogP contribution in [0.2, 0.25) is 0 Å². The number of hydrogen-bond acceptors (Lipinski definition) is 6. The van der Waals surface area contributed by atoms with E-state index in [9.17, 15) is 0 Å². The topological polar surface area (TPSA) is 68.3 Å². The highest BCUT2D eigenvalue weighted by molar-refractivity contribution is 5.46. The molecule has 0 atom stereocenters. The van der Waals surface area contributed by atoms with Crippen LogP contribution in [0.4, 0.5) is 11.8 Å². The van der Waals surface area contributed by atoms with Gasteiger partial charge in [0.1, 0.15) is 5.82 Å². The van der Waals surface area contributed by atoms with Crippen molar-refractivity contribution in [3.05, 3.63) is 36.0 Å². The van der Waals surface area contributed by atoms with Gasteiger partial charge in [-0.1, -0.05) is 18.9 Å². The van der Waals surface area contributed by atoms with Crippen molar-refractivity contribution in [1.29, 1.82) is 0 Å². The normalized spacial score (nSPS) is 16.5. The Hall–Kier alpha value is -2.50. The maximum atomic E-state index is 5.40. The molecule has 1 aromatic heterocycles. The van der Waals surface area contributed by atoms with E-state index in [1.807, 2.05) is 24.3 Å². The molecule has 0 bridgehead atoms. The van der Waals surface area contributed by atoms with Crippen LogP contribution in [-0.4, -0.2) is 22.8 Å². The van der Waals surface area contributed by atoms with Crippen LogP contribution in [0.1, 0.15) is 31.2 Å². The van der Waals surface area contributed by atoms with Gasteiger partial charge < -0.3 is 20.1 Å². The molecule has 0 spiro atoms. The molecule has 6 nitrogen and oxygen atoms in total. The summed E-state index contributed by atoms with van der Waals surface area (Å²) in [5, 5.41) is 6.74. The number of ether oxygens (including phenoxy) is 2. The summed E-state index contributed by atoms with van der Waals surface area (Å²) >= 11 is 0. The fourth-order valence-electron chi connectivity index (χ4n) is 3.02. The van der Waals surface area contributed by atoms with Crippen LogP contribution in [0.5, 0.6) is 11.5 Å². The first kappa shape index (κ1) is 14.1. The average molecular weight is 312 g/mol. The minimum absolute atomic E-state index is 0.300. The monoisotopic (exact) mass is 312 g/mol. The molecule has 0 amide bonds. The lowest BCUT2D eigenvalue weighted by Crippen LogP contribution is -2.17. The number of hydrogen-bond donors (Lipinski definition) is 2. The number of fused-ring (bicyclic) bond motifs is 1. The van der Waals surface area contributed by atoms with Gasteiger partial charge >= 0.3 is 0 Å². The molecule has 1 aliphatic heterocycles.